The average Bonchev–Trinajstić information content (AvgIpc) is 3.31. The standard InChI is InChI=1S/C24H24N4O/c1-16-7-11-20(12-8-16)28-23(15-21(26-28)22-6-5-13-27(22)4)24(29)25-19-10-9-17(2)18(3)14-19/h5-15H,1-4H3,(H,25,29). The monoisotopic (exact) mass is 384 g/mol. The topological polar surface area (TPSA) is 51.9 Å². The van der Waals surface area contributed by atoms with Crippen LogP contribution >= 0.6 is 0 Å². The number of carbonyl (C=O) groups excluding carboxylic acids is 1. The van der Waals surface area contributed by atoms with Crippen LogP contribution in [0.5, 0.6) is 0 Å². The fourth-order valence-electron chi connectivity index (χ4n) is 3.29. The van der Waals surface area contributed by atoms with Crippen molar-refractivity contribution in [1.82, 2.24) is 14.3 Å². The molecule has 0 aliphatic carbocycles. The molecule has 29 heavy (non-hydrogen) atoms. The first kappa shape index (κ1) is 18.7. The number of hydrogen-bond donors (Lipinski definition) is 1. The maximum absolute atomic E-state index is 13.2. The molecule has 0 radical (unpaired) electrons. The van der Waals surface area contributed by atoms with Crippen LogP contribution in [0.4, 0.5) is 5.69 Å². The second-order valence-corrected chi connectivity index (χ2v) is 7.42. The van der Waals surface area contributed by atoms with E-state index in [2.05, 4.69) is 12.2 Å². The number of anilines is 1. The lowest BCUT2D eigenvalue weighted by Crippen LogP contribution is -2.17. The maximum Gasteiger partial charge on any atom is 0.274 e. The summed E-state index contributed by atoms with van der Waals surface area (Å²) in [4.78, 5) is 13.2. The van der Waals surface area contributed by atoms with Gasteiger partial charge in [-0.05, 0) is 74.4 Å². The zero-order valence-corrected chi connectivity index (χ0v) is 17.1. The van der Waals surface area contributed by atoms with Crippen LogP contribution < -0.4 is 5.32 Å². The number of nitrogens with one attached hydrogen (secondary N) is 1. The molecule has 146 valence electrons. The van der Waals surface area contributed by atoms with Gasteiger partial charge in [-0.3, -0.25) is 4.79 Å². The van der Waals surface area contributed by atoms with Crippen molar-refractivity contribution in [1.29, 1.82) is 0 Å². The molecule has 0 saturated heterocycles. The predicted molar refractivity (Wildman–Crippen MR) is 117 cm³/mol. The predicted octanol–water partition coefficient (Wildman–Crippen LogP) is 5.06. The summed E-state index contributed by atoms with van der Waals surface area (Å²) < 4.78 is 3.70. The third kappa shape index (κ3) is 3.72. The lowest BCUT2D eigenvalue weighted by Gasteiger charge is -2.10. The van der Waals surface area contributed by atoms with Gasteiger partial charge in [-0.25, -0.2) is 4.68 Å². The second kappa shape index (κ2) is 7.43. The van der Waals surface area contributed by atoms with Gasteiger partial charge in [0.15, 0.2) is 0 Å². The minimum Gasteiger partial charge on any atom is -0.349 e. The highest BCUT2D eigenvalue weighted by molar-refractivity contribution is 6.04. The molecule has 0 unspecified atom stereocenters. The van der Waals surface area contributed by atoms with E-state index in [4.69, 9.17) is 5.10 Å². The van der Waals surface area contributed by atoms with Gasteiger partial charge >= 0.3 is 0 Å². The molecule has 1 amide bonds. The van der Waals surface area contributed by atoms with Crippen molar-refractivity contribution in [2.24, 2.45) is 7.05 Å². The van der Waals surface area contributed by atoms with Crippen molar-refractivity contribution >= 4 is 11.6 Å². The van der Waals surface area contributed by atoms with Crippen LogP contribution in [0.25, 0.3) is 17.1 Å². The van der Waals surface area contributed by atoms with Crippen molar-refractivity contribution in [3.8, 4) is 17.1 Å². The van der Waals surface area contributed by atoms with Crippen molar-refractivity contribution in [3.63, 3.8) is 0 Å². The van der Waals surface area contributed by atoms with Crippen LogP contribution in [-0.2, 0) is 7.05 Å². The Morgan fingerprint density at radius 3 is 2.34 bits per heavy atom. The van der Waals surface area contributed by atoms with Gasteiger partial charge in [-0.15, -0.1) is 0 Å². The summed E-state index contributed by atoms with van der Waals surface area (Å²) in [6.45, 7) is 6.13. The van der Waals surface area contributed by atoms with Crippen LogP contribution in [0.3, 0.4) is 0 Å². The summed E-state index contributed by atoms with van der Waals surface area (Å²) in [5.41, 5.74) is 7.31. The normalized spacial score (nSPS) is 10.9. The van der Waals surface area contributed by atoms with E-state index in [0.717, 1.165) is 33.9 Å². The highest BCUT2D eigenvalue weighted by atomic mass is 16.2. The van der Waals surface area contributed by atoms with Gasteiger partial charge in [0, 0.05) is 18.9 Å². The van der Waals surface area contributed by atoms with Gasteiger partial charge < -0.3 is 9.88 Å². The van der Waals surface area contributed by atoms with E-state index in [0.29, 0.717) is 5.69 Å². The molecular formula is C24H24N4O. The molecule has 0 fully saturated rings. The highest BCUT2D eigenvalue weighted by Crippen LogP contribution is 2.23. The van der Waals surface area contributed by atoms with Crippen LogP contribution in [0.15, 0.2) is 66.9 Å². The smallest absolute Gasteiger partial charge is 0.274 e. The third-order valence-corrected chi connectivity index (χ3v) is 5.19. The van der Waals surface area contributed by atoms with E-state index >= 15 is 0 Å². The van der Waals surface area contributed by atoms with Crippen LogP contribution in [0.2, 0.25) is 0 Å². The molecule has 1 N–H and O–H groups in total. The van der Waals surface area contributed by atoms with Gasteiger partial charge in [0.05, 0.1) is 11.4 Å². The lowest BCUT2D eigenvalue weighted by molar-refractivity contribution is 0.101. The first-order valence-electron chi connectivity index (χ1n) is 9.60. The van der Waals surface area contributed by atoms with Crippen LogP contribution in [0, 0.1) is 20.8 Å². The summed E-state index contributed by atoms with van der Waals surface area (Å²) in [5, 5.41) is 7.76. The molecule has 0 aliphatic rings. The van der Waals surface area contributed by atoms with Gasteiger partial charge in [-0.1, -0.05) is 23.8 Å². The third-order valence-electron chi connectivity index (χ3n) is 5.19. The highest BCUT2D eigenvalue weighted by Gasteiger charge is 2.19. The van der Waals surface area contributed by atoms with Crippen molar-refractivity contribution in [2.45, 2.75) is 20.8 Å². The quantitative estimate of drug-likeness (QED) is 0.535. The Kier molecular flexibility index (Phi) is 4.80. The second-order valence-electron chi connectivity index (χ2n) is 7.42. The number of nitrogens with zero attached hydrogens (tertiary/aromatic N) is 3. The van der Waals surface area contributed by atoms with Gasteiger partial charge in [-0.2, -0.15) is 5.10 Å². The van der Waals surface area contributed by atoms with Crippen molar-refractivity contribution < 1.29 is 4.79 Å². The van der Waals surface area contributed by atoms with E-state index in [-0.39, 0.29) is 5.91 Å². The van der Waals surface area contributed by atoms with Gasteiger partial charge in [0.25, 0.3) is 5.91 Å². The fourth-order valence-corrected chi connectivity index (χ4v) is 3.29. The Morgan fingerprint density at radius 1 is 0.931 bits per heavy atom. The Bertz CT molecular complexity index is 1180. The van der Waals surface area contributed by atoms with E-state index in [1.807, 2.05) is 92.3 Å². The first-order chi connectivity index (χ1) is 13.9. The zero-order valence-electron chi connectivity index (χ0n) is 17.1. The number of aryl methyl sites for hydroxylation is 4. The number of benzene rings is 2. The average molecular weight is 384 g/mol. The van der Waals surface area contributed by atoms with Crippen LogP contribution in [0.1, 0.15) is 27.2 Å². The molecule has 0 atom stereocenters. The number of rotatable bonds is 4. The summed E-state index contributed by atoms with van der Waals surface area (Å²) in [5.74, 6) is -0.193. The summed E-state index contributed by atoms with van der Waals surface area (Å²) in [7, 11) is 1.97. The number of aromatic nitrogens is 3. The first-order valence-corrected chi connectivity index (χ1v) is 9.60. The molecule has 5 nitrogen and oxygen atoms in total. The molecule has 2 aromatic heterocycles. The molecule has 0 bridgehead atoms. The Labute approximate surface area is 170 Å². The summed E-state index contributed by atoms with van der Waals surface area (Å²) in [6.07, 6.45) is 1.97. The molecule has 0 saturated carbocycles. The largest absolute Gasteiger partial charge is 0.349 e. The Morgan fingerprint density at radius 2 is 1.69 bits per heavy atom. The fraction of sp³-hybridized carbons (Fsp3) is 0.167. The molecule has 4 aromatic rings. The molecule has 2 aromatic carbocycles. The lowest BCUT2D eigenvalue weighted by atomic mass is 10.1. The van der Waals surface area contributed by atoms with Gasteiger partial charge in [0.1, 0.15) is 11.4 Å². The summed E-state index contributed by atoms with van der Waals surface area (Å²) in [6, 6.07) is 19.7. The van der Waals surface area contributed by atoms with E-state index in [1.165, 1.54) is 5.56 Å². The zero-order chi connectivity index (χ0) is 20.5. The number of carbonyl (C=O) groups is 1. The molecular weight excluding hydrogens is 360 g/mol. The molecule has 0 aliphatic heterocycles. The summed E-state index contributed by atoms with van der Waals surface area (Å²) >= 11 is 0. The molecule has 5 heteroatoms. The minimum atomic E-state index is -0.193. The number of hydrogen-bond acceptors (Lipinski definition) is 2. The molecule has 4 rings (SSSR count). The Balaban J connectivity index is 1.76. The minimum absolute atomic E-state index is 0.193. The van der Waals surface area contributed by atoms with Crippen LogP contribution in [-0.4, -0.2) is 20.3 Å². The maximum atomic E-state index is 13.2. The van der Waals surface area contributed by atoms with E-state index in [1.54, 1.807) is 4.68 Å². The number of amides is 1. The molecule has 0 spiro atoms. The molecule has 2 heterocycles. The van der Waals surface area contributed by atoms with Crippen molar-refractivity contribution in [2.75, 3.05) is 5.32 Å². The van der Waals surface area contributed by atoms with Gasteiger partial charge in [0.2, 0.25) is 0 Å². The Hall–Kier alpha value is -3.60. The SMILES string of the molecule is Cc1ccc(-n2nc(-c3cccn3C)cc2C(=O)Nc2ccc(C)c(C)c2)cc1. The van der Waals surface area contributed by atoms with E-state index in [9.17, 15) is 4.79 Å². The van der Waals surface area contributed by atoms with Crippen molar-refractivity contribution in [3.05, 3.63) is 89.2 Å². The van der Waals surface area contributed by atoms with E-state index < -0.39 is 0 Å².